The highest BCUT2D eigenvalue weighted by Crippen LogP contribution is 2.13. The first-order chi connectivity index (χ1) is 11.0. The highest BCUT2D eigenvalue weighted by Gasteiger charge is 2.30. The first kappa shape index (κ1) is 18.5. The minimum atomic E-state index is -1.34. The maximum Gasteiger partial charge on any atom is 0.408 e. The van der Waals surface area contributed by atoms with Crippen molar-refractivity contribution in [2.75, 3.05) is 13.2 Å². The molecule has 0 aliphatic carbocycles. The van der Waals surface area contributed by atoms with Crippen molar-refractivity contribution in [3.8, 4) is 0 Å². The Morgan fingerprint density at radius 2 is 1.83 bits per heavy atom. The van der Waals surface area contributed by atoms with Crippen LogP contribution in [0.15, 0.2) is 30.3 Å². The maximum atomic E-state index is 12.1. The first-order valence-electron chi connectivity index (χ1n) is 7.37. The van der Waals surface area contributed by atoms with Gasteiger partial charge in [0, 0.05) is 6.54 Å². The third kappa shape index (κ3) is 6.37. The highest BCUT2D eigenvalue weighted by atomic mass is 16.5. The zero-order valence-electron chi connectivity index (χ0n) is 13.0. The van der Waals surface area contributed by atoms with E-state index in [0.29, 0.717) is 6.42 Å². The number of carbonyl (C=O) groups excluding carboxylic acids is 1. The molecule has 1 amide bonds. The Labute approximate surface area is 134 Å². The Bertz CT molecular complexity index is 531. The lowest BCUT2D eigenvalue weighted by molar-refractivity contribution is -0.150. The topological polar surface area (TPSA) is 104 Å². The van der Waals surface area contributed by atoms with Crippen LogP contribution < -0.4 is 0 Å². The number of carboxylic acids is 1. The van der Waals surface area contributed by atoms with Crippen LogP contribution in [0.2, 0.25) is 0 Å². The van der Waals surface area contributed by atoms with Gasteiger partial charge in [0.25, 0.3) is 0 Å². The van der Waals surface area contributed by atoms with Crippen molar-refractivity contribution < 1.29 is 29.3 Å². The monoisotopic (exact) mass is 323 g/mol. The van der Waals surface area contributed by atoms with E-state index in [1.54, 1.807) is 6.92 Å². The number of carboxylic acid groups (broad SMARTS) is 2. The van der Waals surface area contributed by atoms with Gasteiger partial charge in [0.1, 0.15) is 6.04 Å². The van der Waals surface area contributed by atoms with Gasteiger partial charge < -0.3 is 14.9 Å². The van der Waals surface area contributed by atoms with Crippen molar-refractivity contribution in [1.29, 1.82) is 0 Å². The molecule has 0 fully saturated rings. The molecule has 0 unspecified atom stereocenters. The quantitative estimate of drug-likeness (QED) is 0.674. The van der Waals surface area contributed by atoms with Crippen LogP contribution in [0.5, 0.6) is 0 Å². The van der Waals surface area contributed by atoms with Gasteiger partial charge >= 0.3 is 18.0 Å². The number of nitrogens with zero attached hydrogens (tertiary/aromatic N) is 1. The predicted molar refractivity (Wildman–Crippen MR) is 82.2 cm³/mol. The molecule has 0 spiro atoms. The van der Waals surface area contributed by atoms with E-state index >= 15 is 0 Å². The molecule has 1 rings (SSSR count). The number of hydrogen-bond acceptors (Lipinski definition) is 4. The Hall–Kier alpha value is -2.57. The van der Waals surface area contributed by atoms with Crippen molar-refractivity contribution >= 4 is 18.0 Å². The lowest BCUT2D eigenvalue weighted by Crippen LogP contribution is -2.46. The van der Waals surface area contributed by atoms with Crippen LogP contribution in [0.1, 0.15) is 25.3 Å². The number of aryl methyl sites for hydroxylation is 1. The smallest absolute Gasteiger partial charge is 0.408 e. The molecular weight excluding hydrogens is 302 g/mol. The van der Waals surface area contributed by atoms with Crippen LogP contribution in [0.25, 0.3) is 0 Å². The molecule has 0 aliphatic rings. The van der Waals surface area contributed by atoms with Gasteiger partial charge in [-0.2, -0.15) is 0 Å². The first-order valence-corrected chi connectivity index (χ1v) is 7.37. The standard InChI is InChI=1S/C16H21NO6/c1-2-23-15(20)13(9-8-12-6-4-3-5-7-12)17(16(21)22)11-10-14(18)19/h3-7,13H,2,8-11H2,1H3,(H,18,19)(H,21,22)/t13-/m0/s1. The Kier molecular flexibility index (Phi) is 7.59. The van der Waals surface area contributed by atoms with Crippen LogP contribution in [0.4, 0.5) is 4.79 Å². The van der Waals surface area contributed by atoms with Gasteiger partial charge in [-0.3, -0.25) is 9.69 Å². The number of hydrogen-bond donors (Lipinski definition) is 2. The summed E-state index contributed by atoms with van der Waals surface area (Å²) in [4.78, 5) is 35.0. The molecule has 1 atom stereocenters. The molecule has 23 heavy (non-hydrogen) atoms. The van der Waals surface area contributed by atoms with Crippen LogP contribution in [-0.4, -0.2) is 52.3 Å². The summed E-state index contributed by atoms with van der Waals surface area (Å²) in [6.07, 6.45) is -0.985. The minimum absolute atomic E-state index is 0.132. The Morgan fingerprint density at radius 1 is 1.17 bits per heavy atom. The molecule has 0 heterocycles. The highest BCUT2D eigenvalue weighted by molar-refractivity contribution is 5.81. The molecule has 126 valence electrons. The van der Waals surface area contributed by atoms with Crippen molar-refractivity contribution in [2.24, 2.45) is 0 Å². The molecule has 2 N–H and O–H groups in total. The number of esters is 1. The van der Waals surface area contributed by atoms with E-state index in [0.717, 1.165) is 10.5 Å². The number of rotatable bonds is 9. The summed E-state index contributed by atoms with van der Waals surface area (Å²) in [7, 11) is 0. The fraction of sp³-hybridized carbons (Fsp3) is 0.438. The zero-order chi connectivity index (χ0) is 17.2. The van der Waals surface area contributed by atoms with E-state index < -0.39 is 24.1 Å². The third-order valence-corrected chi connectivity index (χ3v) is 3.30. The van der Waals surface area contributed by atoms with E-state index in [-0.39, 0.29) is 26.0 Å². The summed E-state index contributed by atoms with van der Waals surface area (Å²) in [5.41, 5.74) is 0.963. The van der Waals surface area contributed by atoms with E-state index in [4.69, 9.17) is 9.84 Å². The molecule has 7 nitrogen and oxygen atoms in total. The molecule has 1 aromatic carbocycles. The molecule has 7 heteroatoms. The van der Waals surface area contributed by atoms with Crippen molar-refractivity contribution in [1.82, 2.24) is 4.90 Å². The maximum absolute atomic E-state index is 12.1. The van der Waals surface area contributed by atoms with Gasteiger partial charge in [-0.25, -0.2) is 9.59 Å². The Morgan fingerprint density at radius 3 is 2.35 bits per heavy atom. The lowest BCUT2D eigenvalue weighted by atomic mass is 10.0. The summed E-state index contributed by atoms with van der Waals surface area (Å²) >= 11 is 0. The van der Waals surface area contributed by atoms with Gasteiger partial charge in [-0.15, -0.1) is 0 Å². The summed E-state index contributed by atoms with van der Waals surface area (Å²) in [6, 6.07) is 8.31. The molecule has 0 radical (unpaired) electrons. The van der Waals surface area contributed by atoms with E-state index in [1.165, 1.54) is 0 Å². The second-order valence-corrected chi connectivity index (χ2v) is 4.91. The zero-order valence-corrected chi connectivity index (χ0v) is 13.0. The minimum Gasteiger partial charge on any atom is -0.481 e. The molecule has 0 bridgehead atoms. The largest absolute Gasteiger partial charge is 0.481 e. The van der Waals surface area contributed by atoms with Crippen LogP contribution in [-0.2, 0) is 20.7 Å². The normalized spacial score (nSPS) is 11.5. The molecule has 0 aliphatic heterocycles. The summed E-state index contributed by atoms with van der Waals surface area (Å²) in [5, 5.41) is 18.0. The second-order valence-electron chi connectivity index (χ2n) is 4.91. The van der Waals surface area contributed by atoms with Gasteiger partial charge in [0.2, 0.25) is 0 Å². The lowest BCUT2D eigenvalue weighted by Gasteiger charge is -2.27. The summed E-state index contributed by atoms with van der Waals surface area (Å²) < 4.78 is 4.94. The molecule has 0 saturated carbocycles. The van der Waals surface area contributed by atoms with Crippen molar-refractivity contribution in [3.05, 3.63) is 35.9 Å². The summed E-state index contributed by atoms with van der Waals surface area (Å²) in [6.45, 7) is 1.50. The SMILES string of the molecule is CCOC(=O)[C@H](CCc1ccccc1)N(CCC(=O)O)C(=O)O. The summed E-state index contributed by atoms with van der Waals surface area (Å²) in [5.74, 6) is -1.78. The van der Waals surface area contributed by atoms with Crippen molar-refractivity contribution in [2.45, 2.75) is 32.2 Å². The van der Waals surface area contributed by atoms with Gasteiger partial charge in [0.05, 0.1) is 13.0 Å². The predicted octanol–water partition coefficient (Wildman–Crippen LogP) is 2.01. The Balaban J connectivity index is 2.85. The van der Waals surface area contributed by atoms with Crippen LogP contribution >= 0.6 is 0 Å². The van der Waals surface area contributed by atoms with Gasteiger partial charge in [-0.05, 0) is 25.3 Å². The number of carbonyl (C=O) groups is 3. The number of aliphatic carboxylic acids is 1. The molecular formula is C16H21NO6. The van der Waals surface area contributed by atoms with Crippen LogP contribution in [0, 0.1) is 0 Å². The van der Waals surface area contributed by atoms with Gasteiger partial charge in [-0.1, -0.05) is 30.3 Å². The number of ether oxygens (including phenoxy) is 1. The fourth-order valence-corrected chi connectivity index (χ4v) is 2.19. The fourth-order valence-electron chi connectivity index (χ4n) is 2.19. The molecule has 0 saturated heterocycles. The average Bonchev–Trinajstić information content (AvgIpc) is 2.51. The van der Waals surface area contributed by atoms with E-state index in [9.17, 15) is 19.5 Å². The average molecular weight is 323 g/mol. The number of amides is 1. The van der Waals surface area contributed by atoms with Gasteiger partial charge in [0.15, 0.2) is 0 Å². The molecule has 0 aromatic heterocycles. The molecule has 1 aromatic rings. The second kappa shape index (κ2) is 9.45. The number of benzene rings is 1. The van der Waals surface area contributed by atoms with Crippen molar-refractivity contribution in [3.63, 3.8) is 0 Å². The van der Waals surface area contributed by atoms with Crippen LogP contribution in [0.3, 0.4) is 0 Å². The van der Waals surface area contributed by atoms with E-state index in [2.05, 4.69) is 0 Å². The van der Waals surface area contributed by atoms with E-state index in [1.807, 2.05) is 30.3 Å². The third-order valence-electron chi connectivity index (χ3n) is 3.30.